The number of carbonyl (C=O) groups is 2. The maximum absolute atomic E-state index is 14.5. The number of aryl methyl sites for hydroxylation is 1. The summed E-state index contributed by atoms with van der Waals surface area (Å²) >= 11 is 5.87. The summed E-state index contributed by atoms with van der Waals surface area (Å²) in [4.78, 5) is 29.4. The van der Waals surface area contributed by atoms with Crippen molar-refractivity contribution in [3.8, 4) is 0 Å². The maximum atomic E-state index is 14.5. The molecule has 0 saturated heterocycles. The summed E-state index contributed by atoms with van der Waals surface area (Å²) in [6.45, 7) is 5.09. The second-order valence-electron chi connectivity index (χ2n) is 11.8. The fourth-order valence-corrected chi connectivity index (χ4v) is 6.77. The van der Waals surface area contributed by atoms with Crippen molar-refractivity contribution in [1.29, 1.82) is 0 Å². The molecule has 0 unspecified atom stereocenters. The van der Waals surface area contributed by atoms with Gasteiger partial charge in [-0.2, -0.15) is 13.2 Å². The van der Waals surface area contributed by atoms with Gasteiger partial charge in [-0.25, -0.2) is 8.42 Å². The number of amides is 2. The normalized spacial score (nSPS) is 12.4. The zero-order chi connectivity index (χ0) is 35.1. The van der Waals surface area contributed by atoms with E-state index in [1.807, 2.05) is 51.1 Å². The molecule has 2 amide bonds. The molecular weight excluding hydrogens is 663 g/mol. The third-order valence-electron chi connectivity index (χ3n) is 7.54. The van der Waals surface area contributed by atoms with Crippen LogP contribution in [0.5, 0.6) is 0 Å². The van der Waals surface area contributed by atoms with Gasteiger partial charge in [-0.15, -0.1) is 0 Å². The molecule has 0 aliphatic carbocycles. The second-order valence-corrected chi connectivity index (χ2v) is 14.1. The van der Waals surface area contributed by atoms with Gasteiger partial charge < -0.3 is 10.2 Å². The van der Waals surface area contributed by atoms with E-state index in [-0.39, 0.29) is 23.8 Å². The van der Waals surface area contributed by atoms with Gasteiger partial charge in [0.15, 0.2) is 0 Å². The molecule has 0 fully saturated rings. The highest BCUT2D eigenvalue weighted by atomic mass is 35.5. The Kier molecular flexibility index (Phi) is 11.9. The lowest BCUT2D eigenvalue weighted by molar-refractivity contribution is -0.140. The van der Waals surface area contributed by atoms with Crippen LogP contribution in [0.3, 0.4) is 0 Å². The number of sulfonamides is 1. The maximum Gasteiger partial charge on any atom is 0.417 e. The highest BCUT2D eigenvalue weighted by Gasteiger charge is 2.37. The molecular formula is C36H37ClF3N3O4S. The summed E-state index contributed by atoms with van der Waals surface area (Å²) in [5.74, 6) is -1.14. The zero-order valence-corrected chi connectivity index (χ0v) is 28.3. The van der Waals surface area contributed by atoms with Crippen molar-refractivity contribution in [2.24, 2.45) is 5.92 Å². The van der Waals surface area contributed by atoms with Gasteiger partial charge in [0.05, 0.1) is 21.2 Å². The average molecular weight is 700 g/mol. The van der Waals surface area contributed by atoms with E-state index >= 15 is 0 Å². The van der Waals surface area contributed by atoms with E-state index in [9.17, 15) is 31.2 Å². The van der Waals surface area contributed by atoms with E-state index in [4.69, 9.17) is 11.6 Å². The van der Waals surface area contributed by atoms with Crippen LogP contribution in [0.2, 0.25) is 5.02 Å². The number of anilines is 1. The number of benzene rings is 4. The quantitative estimate of drug-likeness (QED) is 0.159. The fraction of sp³-hybridized carbons (Fsp3) is 0.278. The predicted octanol–water partition coefficient (Wildman–Crippen LogP) is 7.27. The Balaban J connectivity index is 1.85. The lowest BCUT2D eigenvalue weighted by atomic mass is 10.0. The van der Waals surface area contributed by atoms with E-state index in [0.29, 0.717) is 22.5 Å². The van der Waals surface area contributed by atoms with E-state index < -0.39 is 56.9 Å². The summed E-state index contributed by atoms with van der Waals surface area (Å²) in [7, 11) is -4.59. The number of nitrogens with one attached hydrogen (secondary N) is 1. The van der Waals surface area contributed by atoms with E-state index in [1.165, 1.54) is 29.2 Å². The van der Waals surface area contributed by atoms with Crippen LogP contribution in [0.1, 0.15) is 36.1 Å². The van der Waals surface area contributed by atoms with Gasteiger partial charge in [0.25, 0.3) is 10.0 Å². The molecule has 4 aromatic carbocycles. The first kappa shape index (κ1) is 36.5. The monoisotopic (exact) mass is 699 g/mol. The summed E-state index contributed by atoms with van der Waals surface area (Å²) in [5.41, 5.74) is 0.669. The van der Waals surface area contributed by atoms with Gasteiger partial charge in [0, 0.05) is 19.5 Å². The Morgan fingerprint density at radius 2 is 1.48 bits per heavy atom. The van der Waals surface area contributed by atoms with Crippen LogP contribution in [0, 0.1) is 12.8 Å². The van der Waals surface area contributed by atoms with Crippen molar-refractivity contribution in [3.05, 3.63) is 130 Å². The molecule has 1 atom stereocenters. The topological polar surface area (TPSA) is 86.8 Å². The molecule has 254 valence electrons. The van der Waals surface area contributed by atoms with Crippen molar-refractivity contribution >= 4 is 39.1 Å². The molecule has 7 nitrogen and oxygen atoms in total. The summed E-state index contributed by atoms with van der Waals surface area (Å²) in [6.07, 6.45) is -4.79. The van der Waals surface area contributed by atoms with Gasteiger partial charge in [-0.05, 0) is 54.3 Å². The Hall–Kier alpha value is -4.35. The van der Waals surface area contributed by atoms with Crippen molar-refractivity contribution in [1.82, 2.24) is 10.2 Å². The summed E-state index contributed by atoms with van der Waals surface area (Å²) in [5, 5.41) is 2.28. The molecule has 0 bridgehead atoms. The Bertz CT molecular complexity index is 1820. The van der Waals surface area contributed by atoms with Crippen LogP contribution in [-0.2, 0) is 38.8 Å². The first-order valence-corrected chi connectivity index (χ1v) is 17.1. The molecule has 1 N–H and O–H groups in total. The lowest BCUT2D eigenvalue weighted by Crippen LogP contribution is -2.53. The van der Waals surface area contributed by atoms with Gasteiger partial charge in [-0.1, -0.05) is 104 Å². The molecule has 12 heteroatoms. The van der Waals surface area contributed by atoms with Gasteiger partial charge >= 0.3 is 6.18 Å². The molecule has 0 heterocycles. The molecule has 0 saturated carbocycles. The number of rotatable bonds is 13. The fourth-order valence-electron chi connectivity index (χ4n) is 5.12. The first-order chi connectivity index (χ1) is 22.7. The number of nitrogens with zero attached hydrogens (tertiary/aromatic N) is 2. The van der Waals surface area contributed by atoms with Crippen LogP contribution in [-0.4, -0.2) is 44.3 Å². The zero-order valence-electron chi connectivity index (χ0n) is 26.7. The molecule has 0 radical (unpaired) electrons. The van der Waals surface area contributed by atoms with E-state index in [2.05, 4.69) is 5.32 Å². The molecule has 0 aromatic heterocycles. The number of hydrogen-bond donors (Lipinski definition) is 1. The Morgan fingerprint density at radius 1 is 0.854 bits per heavy atom. The number of alkyl halides is 3. The van der Waals surface area contributed by atoms with Crippen LogP contribution in [0.25, 0.3) is 0 Å². The highest BCUT2D eigenvalue weighted by molar-refractivity contribution is 7.92. The van der Waals surface area contributed by atoms with Crippen LogP contribution in [0.15, 0.2) is 108 Å². The minimum absolute atomic E-state index is 0.0687. The van der Waals surface area contributed by atoms with Crippen molar-refractivity contribution in [3.63, 3.8) is 0 Å². The molecule has 48 heavy (non-hydrogen) atoms. The number of halogens is 4. The van der Waals surface area contributed by atoms with Crippen LogP contribution >= 0.6 is 11.6 Å². The SMILES string of the molecule is Cc1cccc(CN(C(=O)CN(c2ccc(Cl)c(C(F)(F)F)c2)S(=O)(=O)c2ccccc2)[C@@H](Cc2ccccc2)C(=O)NCC(C)C)c1. The molecule has 4 rings (SSSR count). The lowest BCUT2D eigenvalue weighted by Gasteiger charge is -2.34. The first-order valence-electron chi connectivity index (χ1n) is 15.3. The van der Waals surface area contributed by atoms with E-state index in [1.54, 1.807) is 30.3 Å². The van der Waals surface area contributed by atoms with Crippen molar-refractivity contribution in [2.45, 2.75) is 50.9 Å². The van der Waals surface area contributed by atoms with Crippen LogP contribution < -0.4 is 9.62 Å². The molecule has 4 aromatic rings. The number of carbonyl (C=O) groups excluding carboxylic acids is 2. The average Bonchev–Trinajstić information content (AvgIpc) is 3.04. The van der Waals surface area contributed by atoms with Gasteiger partial charge in [0.2, 0.25) is 11.8 Å². The largest absolute Gasteiger partial charge is 0.417 e. The highest BCUT2D eigenvalue weighted by Crippen LogP contribution is 2.38. The van der Waals surface area contributed by atoms with Gasteiger partial charge in [0.1, 0.15) is 12.6 Å². The third-order valence-corrected chi connectivity index (χ3v) is 9.66. The van der Waals surface area contributed by atoms with Crippen LogP contribution in [0.4, 0.5) is 18.9 Å². The number of hydrogen-bond acceptors (Lipinski definition) is 4. The second kappa shape index (κ2) is 15.7. The Morgan fingerprint density at radius 3 is 2.08 bits per heavy atom. The minimum Gasteiger partial charge on any atom is -0.354 e. The molecule has 0 spiro atoms. The van der Waals surface area contributed by atoms with Gasteiger partial charge in [-0.3, -0.25) is 13.9 Å². The summed E-state index contributed by atoms with van der Waals surface area (Å²) < 4.78 is 70.6. The molecule has 0 aliphatic heterocycles. The predicted molar refractivity (Wildman–Crippen MR) is 181 cm³/mol. The standard InChI is InChI=1S/C36H37ClF3N3O4S/c1-25(2)22-41-35(45)33(20-27-12-6-4-7-13-27)42(23-28-14-10-11-26(3)19-28)34(44)24-43(48(46,47)30-15-8-5-9-16-30)29-17-18-32(37)31(21-29)36(38,39)40/h4-19,21,25,33H,20,22-24H2,1-3H3,(H,41,45)/t33-/m0/s1. The van der Waals surface area contributed by atoms with Crippen molar-refractivity contribution in [2.75, 3.05) is 17.4 Å². The third kappa shape index (κ3) is 9.38. The van der Waals surface area contributed by atoms with E-state index in [0.717, 1.165) is 23.3 Å². The van der Waals surface area contributed by atoms with Crippen molar-refractivity contribution < 1.29 is 31.2 Å². The summed E-state index contributed by atoms with van der Waals surface area (Å²) in [6, 6.07) is 25.0. The molecule has 0 aliphatic rings. The Labute approximate surface area is 284 Å². The minimum atomic E-state index is -4.90. The smallest absolute Gasteiger partial charge is 0.354 e.